The van der Waals surface area contributed by atoms with Crippen molar-refractivity contribution in [2.45, 2.75) is 20.0 Å². The summed E-state index contributed by atoms with van der Waals surface area (Å²) in [7, 11) is 0. The fourth-order valence-corrected chi connectivity index (χ4v) is 2.28. The summed E-state index contributed by atoms with van der Waals surface area (Å²) in [6.07, 6.45) is -0.999. The molecule has 120 valence electrons. The standard InChI is InChI=1S/C17H16BrNO4/c1-10-4-3-5-13(8-10)19-16(21)11(2)23-17(22)14-9-12(18)6-7-15(14)20/h3-9,11,20H,1-2H3,(H,19,21)/t11-/m0/s1. The molecule has 0 spiro atoms. The Bertz CT molecular complexity index is 745. The van der Waals surface area contributed by atoms with Crippen molar-refractivity contribution in [1.82, 2.24) is 0 Å². The van der Waals surface area contributed by atoms with Crippen LogP contribution in [0.3, 0.4) is 0 Å². The van der Waals surface area contributed by atoms with Crippen molar-refractivity contribution in [3.63, 3.8) is 0 Å². The quantitative estimate of drug-likeness (QED) is 0.797. The number of carbonyl (C=O) groups excluding carboxylic acids is 2. The maximum Gasteiger partial charge on any atom is 0.342 e. The fraction of sp³-hybridized carbons (Fsp3) is 0.176. The summed E-state index contributed by atoms with van der Waals surface area (Å²) in [4.78, 5) is 24.1. The second-order valence-corrected chi connectivity index (χ2v) is 5.98. The van der Waals surface area contributed by atoms with Crippen LogP contribution in [0.1, 0.15) is 22.8 Å². The molecule has 2 rings (SSSR count). The van der Waals surface area contributed by atoms with Crippen molar-refractivity contribution in [3.8, 4) is 5.75 Å². The molecule has 0 aliphatic heterocycles. The van der Waals surface area contributed by atoms with Gasteiger partial charge in [0.1, 0.15) is 11.3 Å². The molecule has 5 nitrogen and oxygen atoms in total. The van der Waals surface area contributed by atoms with Crippen LogP contribution in [0.5, 0.6) is 5.75 Å². The molecule has 0 aromatic heterocycles. The van der Waals surface area contributed by atoms with E-state index in [1.54, 1.807) is 12.1 Å². The highest BCUT2D eigenvalue weighted by molar-refractivity contribution is 9.10. The Morgan fingerprint density at radius 3 is 2.65 bits per heavy atom. The second-order valence-electron chi connectivity index (χ2n) is 5.07. The molecule has 2 aromatic carbocycles. The lowest BCUT2D eigenvalue weighted by atomic mass is 10.2. The lowest BCUT2D eigenvalue weighted by Crippen LogP contribution is -2.30. The van der Waals surface area contributed by atoms with E-state index >= 15 is 0 Å². The van der Waals surface area contributed by atoms with Crippen LogP contribution in [0.2, 0.25) is 0 Å². The molecule has 0 saturated heterocycles. The number of hydrogen-bond acceptors (Lipinski definition) is 4. The highest BCUT2D eigenvalue weighted by Gasteiger charge is 2.21. The largest absolute Gasteiger partial charge is 0.507 e. The third-order valence-electron chi connectivity index (χ3n) is 3.12. The Morgan fingerprint density at radius 2 is 1.96 bits per heavy atom. The van der Waals surface area contributed by atoms with E-state index in [2.05, 4.69) is 21.2 Å². The van der Waals surface area contributed by atoms with Gasteiger partial charge in [0.15, 0.2) is 6.10 Å². The number of phenols is 1. The third-order valence-corrected chi connectivity index (χ3v) is 3.61. The molecule has 6 heteroatoms. The van der Waals surface area contributed by atoms with Crippen molar-refractivity contribution < 1.29 is 19.4 Å². The Morgan fingerprint density at radius 1 is 1.22 bits per heavy atom. The average molecular weight is 378 g/mol. The summed E-state index contributed by atoms with van der Waals surface area (Å²) in [5, 5.41) is 12.4. The van der Waals surface area contributed by atoms with Gasteiger partial charge in [-0.3, -0.25) is 4.79 Å². The summed E-state index contributed by atoms with van der Waals surface area (Å²) in [5.41, 5.74) is 1.63. The SMILES string of the molecule is Cc1cccc(NC(=O)[C@H](C)OC(=O)c2cc(Br)ccc2O)c1. The van der Waals surface area contributed by atoms with E-state index in [0.29, 0.717) is 10.2 Å². The number of rotatable bonds is 4. The molecule has 2 N–H and O–H groups in total. The van der Waals surface area contributed by atoms with Crippen molar-refractivity contribution in [2.75, 3.05) is 5.32 Å². The van der Waals surface area contributed by atoms with Crippen molar-refractivity contribution in [3.05, 3.63) is 58.1 Å². The lowest BCUT2D eigenvalue weighted by Gasteiger charge is -2.14. The molecule has 0 aliphatic rings. The molecule has 0 heterocycles. The van der Waals surface area contributed by atoms with Gasteiger partial charge < -0.3 is 15.2 Å². The fourth-order valence-electron chi connectivity index (χ4n) is 1.92. The molecule has 1 atom stereocenters. The molecule has 0 aliphatic carbocycles. The highest BCUT2D eigenvalue weighted by atomic mass is 79.9. The van der Waals surface area contributed by atoms with Gasteiger partial charge in [-0.1, -0.05) is 28.1 Å². The zero-order valence-corrected chi connectivity index (χ0v) is 14.3. The molecule has 23 heavy (non-hydrogen) atoms. The van der Waals surface area contributed by atoms with Crippen molar-refractivity contribution >= 4 is 33.5 Å². The Labute approximate surface area is 142 Å². The van der Waals surface area contributed by atoms with Gasteiger partial charge in [0.25, 0.3) is 5.91 Å². The number of anilines is 1. The summed E-state index contributed by atoms with van der Waals surface area (Å²) < 4.78 is 5.73. The van der Waals surface area contributed by atoms with E-state index in [1.807, 2.05) is 25.1 Å². The van der Waals surface area contributed by atoms with Crippen LogP contribution in [0, 0.1) is 6.92 Å². The molecule has 0 bridgehead atoms. The number of esters is 1. The summed E-state index contributed by atoms with van der Waals surface area (Å²) in [5.74, 6) is -1.42. The number of halogens is 1. The summed E-state index contributed by atoms with van der Waals surface area (Å²) >= 11 is 3.21. The summed E-state index contributed by atoms with van der Waals surface area (Å²) in [6, 6.07) is 11.7. The Kier molecular flexibility index (Phi) is 5.39. The van der Waals surface area contributed by atoms with Crippen LogP contribution < -0.4 is 5.32 Å². The van der Waals surface area contributed by atoms with Gasteiger partial charge >= 0.3 is 5.97 Å². The minimum absolute atomic E-state index is 0.00502. The van der Waals surface area contributed by atoms with Crippen molar-refractivity contribution in [1.29, 1.82) is 0 Å². The van der Waals surface area contributed by atoms with E-state index < -0.39 is 18.0 Å². The Hall–Kier alpha value is -2.34. The van der Waals surface area contributed by atoms with Gasteiger partial charge in [0.2, 0.25) is 0 Å². The predicted octanol–water partition coefficient (Wildman–Crippen LogP) is 3.65. The van der Waals surface area contributed by atoms with E-state index in [4.69, 9.17) is 4.74 Å². The van der Waals surface area contributed by atoms with Crippen LogP contribution in [0.25, 0.3) is 0 Å². The second kappa shape index (κ2) is 7.28. The number of phenolic OH excluding ortho intramolecular Hbond substituents is 1. The van der Waals surface area contributed by atoms with E-state index in [-0.39, 0.29) is 11.3 Å². The van der Waals surface area contributed by atoms with Crippen LogP contribution in [0.15, 0.2) is 46.9 Å². The van der Waals surface area contributed by atoms with Crippen LogP contribution >= 0.6 is 15.9 Å². The Balaban J connectivity index is 2.03. The van der Waals surface area contributed by atoms with Gasteiger partial charge in [0.05, 0.1) is 0 Å². The maximum absolute atomic E-state index is 12.1. The summed E-state index contributed by atoms with van der Waals surface area (Å²) in [6.45, 7) is 3.38. The number of aromatic hydroxyl groups is 1. The van der Waals surface area contributed by atoms with Gasteiger partial charge in [-0.2, -0.15) is 0 Å². The number of carbonyl (C=O) groups is 2. The smallest absolute Gasteiger partial charge is 0.342 e. The zero-order valence-electron chi connectivity index (χ0n) is 12.7. The molecular formula is C17H16BrNO4. The zero-order chi connectivity index (χ0) is 17.0. The monoisotopic (exact) mass is 377 g/mol. The first-order valence-corrected chi connectivity index (χ1v) is 7.73. The van der Waals surface area contributed by atoms with Crippen LogP contribution in [-0.2, 0) is 9.53 Å². The molecule has 0 saturated carbocycles. The molecular weight excluding hydrogens is 362 g/mol. The van der Waals surface area contributed by atoms with Gasteiger partial charge in [-0.05, 0) is 49.7 Å². The topological polar surface area (TPSA) is 75.6 Å². The number of nitrogens with one attached hydrogen (secondary N) is 1. The minimum Gasteiger partial charge on any atom is -0.507 e. The lowest BCUT2D eigenvalue weighted by molar-refractivity contribution is -0.123. The molecule has 0 fully saturated rings. The molecule has 1 amide bonds. The number of ether oxygens (including phenoxy) is 1. The number of aryl methyl sites for hydroxylation is 1. The van der Waals surface area contributed by atoms with Gasteiger partial charge in [-0.15, -0.1) is 0 Å². The number of amides is 1. The first kappa shape index (κ1) is 17.0. The number of hydrogen-bond donors (Lipinski definition) is 2. The molecule has 0 radical (unpaired) electrons. The predicted molar refractivity (Wildman–Crippen MR) is 90.5 cm³/mol. The van der Waals surface area contributed by atoms with Crippen LogP contribution in [0.4, 0.5) is 5.69 Å². The van der Waals surface area contributed by atoms with Crippen molar-refractivity contribution in [2.24, 2.45) is 0 Å². The third kappa shape index (κ3) is 4.56. The van der Waals surface area contributed by atoms with Crippen LogP contribution in [-0.4, -0.2) is 23.1 Å². The average Bonchev–Trinajstić information content (AvgIpc) is 2.49. The number of benzene rings is 2. The van der Waals surface area contributed by atoms with E-state index in [1.165, 1.54) is 19.1 Å². The van der Waals surface area contributed by atoms with Gasteiger partial charge in [0, 0.05) is 10.2 Å². The first-order valence-electron chi connectivity index (χ1n) is 6.94. The first-order chi connectivity index (χ1) is 10.9. The minimum atomic E-state index is -0.999. The van der Waals surface area contributed by atoms with E-state index in [9.17, 15) is 14.7 Å². The van der Waals surface area contributed by atoms with E-state index in [0.717, 1.165) is 5.56 Å². The molecule has 2 aromatic rings. The molecule has 0 unspecified atom stereocenters. The maximum atomic E-state index is 12.1. The highest BCUT2D eigenvalue weighted by Crippen LogP contribution is 2.23. The van der Waals surface area contributed by atoms with Gasteiger partial charge in [-0.25, -0.2) is 4.79 Å². The normalized spacial score (nSPS) is 11.6.